The van der Waals surface area contributed by atoms with Crippen molar-refractivity contribution in [3.8, 4) is 22.4 Å². The fraction of sp³-hybridized carbons (Fsp3) is 0.333. The van der Waals surface area contributed by atoms with Crippen LogP contribution in [0.25, 0.3) is 22.4 Å². The van der Waals surface area contributed by atoms with Gasteiger partial charge in [0.2, 0.25) is 11.8 Å². The highest BCUT2D eigenvalue weighted by Crippen LogP contribution is 2.36. The number of piperidine rings is 1. The second kappa shape index (κ2) is 8.37. The van der Waals surface area contributed by atoms with Crippen molar-refractivity contribution in [2.75, 3.05) is 18.0 Å². The van der Waals surface area contributed by atoms with E-state index in [4.69, 9.17) is 0 Å². The van der Waals surface area contributed by atoms with Crippen molar-refractivity contribution in [2.24, 2.45) is 7.05 Å². The Kier molecular flexibility index (Phi) is 5.16. The molecule has 3 aliphatic rings. The molecular formula is C27H27N5O3. The third-order valence-corrected chi connectivity index (χ3v) is 7.39. The van der Waals surface area contributed by atoms with Crippen molar-refractivity contribution in [1.29, 1.82) is 0 Å². The van der Waals surface area contributed by atoms with E-state index in [0.29, 0.717) is 18.5 Å². The van der Waals surface area contributed by atoms with Gasteiger partial charge in [0.15, 0.2) is 0 Å². The van der Waals surface area contributed by atoms with Gasteiger partial charge in [0.1, 0.15) is 6.04 Å². The third-order valence-electron chi connectivity index (χ3n) is 7.39. The number of hydrogen-bond donors (Lipinski definition) is 1. The second-order valence-corrected chi connectivity index (χ2v) is 9.54. The number of carbonyl (C=O) groups is 3. The number of hydrogen-bond acceptors (Lipinski definition) is 5. The lowest BCUT2D eigenvalue weighted by Gasteiger charge is -2.29. The van der Waals surface area contributed by atoms with Crippen molar-refractivity contribution >= 4 is 23.4 Å². The molecule has 2 aromatic carbocycles. The molecule has 0 aliphatic carbocycles. The molecule has 6 rings (SSSR count). The number of amides is 3. The number of rotatable bonds is 4. The summed E-state index contributed by atoms with van der Waals surface area (Å²) in [5, 5.41) is 6.88. The SMILES string of the molecule is Cn1ncc(-c2ccc3c(c2)CN(C2CCC(=O)NC2=O)C3=O)c1-c1ccc(N2CCCC2)cc1. The lowest BCUT2D eigenvalue weighted by Crippen LogP contribution is -2.52. The van der Waals surface area contributed by atoms with E-state index in [9.17, 15) is 14.4 Å². The number of benzene rings is 2. The molecule has 4 heterocycles. The van der Waals surface area contributed by atoms with Gasteiger partial charge in [-0.1, -0.05) is 18.2 Å². The quantitative estimate of drug-likeness (QED) is 0.594. The highest BCUT2D eigenvalue weighted by molar-refractivity contribution is 6.05. The second-order valence-electron chi connectivity index (χ2n) is 9.54. The zero-order valence-corrected chi connectivity index (χ0v) is 19.7. The normalized spacial score (nSPS) is 19.9. The number of imide groups is 1. The lowest BCUT2D eigenvalue weighted by molar-refractivity contribution is -0.136. The molecule has 0 bridgehead atoms. The van der Waals surface area contributed by atoms with Crippen LogP contribution in [-0.4, -0.2) is 51.5 Å². The highest BCUT2D eigenvalue weighted by atomic mass is 16.2. The number of aryl methyl sites for hydroxylation is 1. The first-order chi connectivity index (χ1) is 17.0. The van der Waals surface area contributed by atoms with E-state index in [-0.39, 0.29) is 18.2 Å². The van der Waals surface area contributed by atoms with Gasteiger partial charge < -0.3 is 9.80 Å². The van der Waals surface area contributed by atoms with Gasteiger partial charge >= 0.3 is 0 Å². The maximum Gasteiger partial charge on any atom is 0.255 e. The molecule has 1 atom stereocenters. The van der Waals surface area contributed by atoms with Crippen molar-refractivity contribution in [3.63, 3.8) is 0 Å². The first-order valence-corrected chi connectivity index (χ1v) is 12.1. The van der Waals surface area contributed by atoms with Gasteiger partial charge in [-0.25, -0.2) is 0 Å². The Morgan fingerprint density at radius 2 is 1.69 bits per heavy atom. The van der Waals surface area contributed by atoms with Crippen LogP contribution >= 0.6 is 0 Å². The minimum absolute atomic E-state index is 0.162. The van der Waals surface area contributed by atoms with E-state index < -0.39 is 11.9 Å². The maximum absolute atomic E-state index is 13.0. The van der Waals surface area contributed by atoms with Crippen LogP contribution in [0.1, 0.15) is 41.6 Å². The Labute approximate surface area is 203 Å². The molecule has 8 nitrogen and oxygen atoms in total. The summed E-state index contributed by atoms with van der Waals surface area (Å²) in [5.41, 5.74) is 6.83. The number of carbonyl (C=O) groups excluding carboxylic acids is 3. The Hall–Kier alpha value is -3.94. The molecule has 2 saturated heterocycles. The fourth-order valence-electron chi connectivity index (χ4n) is 5.54. The number of aromatic nitrogens is 2. The van der Waals surface area contributed by atoms with Gasteiger partial charge in [-0.15, -0.1) is 0 Å². The summed E-state index contributed by atoms with van der Waals surface area (Å²) in [6.45, 7) is 2.58. The smallest absolute Gasteiger partial charge is 0.255 e. The highest BCUT2D eigenvalue weighted by Gasteiger charge is 2.39. The Balaban J connectivity index is 1.29. The van der Waals surface area contributed by atoms with Crippen LogP contribution in [0.3, 0.4) is 0 Å². The van der Waals surface area contributed by atoms with E-state index in [1.54, 1.807) is 4.90 Å². The van der Waals surface area contributed by atoms with Gasteiger partial charge in [0.25, 0.3) is 5.91 Å². The summed E-state index contributed by atoms with van der Waals surface area (Å²) < 4.78 is 1.88. The Morgan fingerprint density at radius 1 is 0.943 bits per heavy atom. The summed E-state index contributed by atoms with van der Waals surface area (Å²) in [6, 6.07) is 13.9. The summed E-state index contributed by atoms with van der Waals surface area (Å²) >= 11 is 0. The van der Waals surface area contributed by atoms with Crippen LogP contribution < -0.4 is 10.2 Å². The largest absolute Gasteiger partial charge is 0.372 e. The van der Waals surface area contributed by atoms with Crippen molar-refractivity contribution < 1.29 is 14.4 Å². The predicted octanol–water partition coefficient (Wildman–Crippen LogP) is 3.12. The van der Waals surface area contributed by atoms with Crippen molar-refractivity contribution in [1.82, 2.24) is 20.0 Å². The monoisotopic (exact) mass is 469 g/mol. The molecule has 35 heavy (non-hydrogen) atoms. The molecule has 8 heteroatoms. The van der Waals surface area contributed by atoms with Gasteiger partial charge in [0.05, 0.1) is 11.9 Å². The molecule has 178 valence electrons. The summed E-state index contributed by atoms with van der Waals surface area (Å²) in [7, 11) is 1.94. The molecule has 3 aromatic rings. The molecule has 1 aromatic heterocycles. The number of nitrogens with zero attached hydrogens (tertiary/aromatic N) is 4. The van der Waals surface area contributed by atoms with Crippen LogP contribution in [0.4, 0.5) is 5.69 Å². The fourth-order valence-corrected chi connectivity index (χ4v) is 5.54. The minimum atomic E-state index is -0.612. The predicted molar refractivity (Wildman–Crippen MR) is 132 cm³/mol. The van der Waals surface area contributed by atoms with E-state index in [1.807, 2.05) is 36.1 Å². The molecule has 3 amide bonds. The molecule has 0 radical (unpaired) electrons. The van der Waals surface area contributed by atoms with Crippen molar-refractivity contribution in [2.45, 2.75) is 38.3 Å². The number of anilines is 1. The molecule has 1 N–H and O–H groups in total. The molecule has 1 unspecified atom stereocenters. The standard InChI is InChI=1S/C27H27N5O3/c1-30-25(17-4-7-20(8-5-17)31-12-2-3-13-31)22(15-28-30)18-6-9-21-19(14-18)16-32(27(21)35)23-10-11-24(33)29-26(23)34/h4-9,14-15,23H,2-3,10-13,16H2,1H3,(H,29,33,34). The van der Waals surface area contributed by atoms with E-state index in [1.165, 1.54) is 18.5 Å². The van der Waals surface area contributed by atoms with Gasteiger partial charge in [-0.3, -0.25) is 24.4 Å². The average molecular weight is 470 g/mol. The van der Waals surface area contributed by atoms with Crippen molar-refractivity contribution in [3.05, 3.63) is 59.8 Å². The third kappa shape index (κ3) is 3.69. The molecule has 0 spiro atoms. The average Bonchev–Trinajstić information content (AvgIpc) is 3.59. The van der Waals surface area contributed by atoms with Gasteiger partial charge in [-0.2, -0.15) is 5.10 Å². The minimum Gasteiger partial charge on any atom is -0.372 e. The van der Waals surface area contributed by atoms with Crippen LogP contribution in [0, 0.1) is 0 Å². The number of nitrogens with one attached hydrogen (secondary N) is 1. The Bertz CT molecular complexity index is 1340. The van der Waals surface area contributed by atoms with E-state index in [0.717, 1.165) is 41.0 Å². The molecule has 3 aliphatic heterocycles. The molecule has 2 fully saturated rings. The zero-order valence-electron chi connectivity index (χ0n) is 19.7. The summed E-state index contributed by atoms with van der Waals surface area (Å²) in [4.78, 5) is 40.9. The lowest BCUT2D eigenvalue weighted by atomic mass is 9.98. The van der Waals surface area contributed by atoms with Crippen LogP contribution in [0.15, 0.2) is 48.7 Å². The Morgan fingerprint density at radius 3 is 2.43 bits per heavy atom. The van der Waals surface area contributed by atoms with Crippen LogP contribution in [0.2, 0.25) is 0 Å². The van der Waals surface area contributed by atoms with E-state index >= 15 is 0 Å². The molecular weight excluding hydrogens is 442 g/mol. The zero-order chi connectivity index (χ0) is 24.1. The maximum atomic E-state index is 13.0. The van der Waals surface area contributed by atoms with Gasteiger partial charge in [-0.05, 0) is 54.7 Å². The van der Waals surface area contributed by atoms with Crippen LogP contribution in [-0.2, 0) is 23.2 Å². The van der Waals surface area contributed by atoms with Gasteiger partial charge in [0, 0.05) is 55.5 Å². The topological polar surface area (TPSA) is 87.5 Å². The molecule has 0 saturated carbocycles. The summed E-state index contributed by atoms with van der Waals surface area (Å²) in [5.74, 6) is -0.838. The number of fused-ring (bicyclic) bond motifs is 1. The summed E-state index contributed by atoms with van der Waals surface area (Å²) in [6.07, 6.45) is 4.96. The first kappa shape index (κ1) is 21.6. The van der Waals surface area contributed by atoms with E-state index in [2.05, 4.69) is 39.6 Å². The first-order valence-electron chi connectivity index (χ1n) is 12.1. The van der Waals surface area contributed by atoms with Crippen LogP contribution in [0.5, 0.6) is 0 Å².